The van der Waals surface area contributed by atoms with Crippen LogP contribution < -0.4 is 18.9 Å². The maximum atomic E-state index is 12.2. The van der Waals surface area contributed by atoms with Crippen LogP contribution in [0.5, 0.6) is 0 Å². The van der Waals surface area contributed by atoms with E-state index in [2.05, 4.69) is 0 Å². The molecule has 14 heavy (non-hydrogen) atoms. The van der Waals surface area contributed by atoms with Crippen molar-refractivity contribution in [1.29, 1.82) is 0 Å². The van der Waals surface area contributed by atoms with Gasteiger partial charge in [-0.25, -0.2) is 0 Å². The smallest absolute Gasteiger partial charge is 0.664 e. The number of alkyl halides is 3. The second kappa shape index (κ2) is 4.54. The standard InChI is InChI=1S/C8H6F3NO.Li/c9-8(10,11)6-4-2-1-3-5(6)7(12)13;/h1-4H,(H2,12,13);/q;+1/p-1. The van der Waals surface area contributed by atoms with Gasteiger partial charge in [-0.2, -0.15) is 13.2 Å². The molecule has 1 rings (SSSR count). The molecule has 0 radical (unpaired) electrons. The Hall–Kier alpha value is -0.923. The topological polar surface area (TPSA) is 40.9 Å². The summed E-state index contributed by atoms with van der Waals surface area (Å²) in [7, 11) is 0. The van der Waals surface area contributed by atoms with Crippen LogP contribution in [0, 0.1) is 0 Å². The van der Waals surface area contributed by atoms with E-state index >= 15 is 0 Å². The van der Waals surface area contributed by atoms with Crippen LogP contribution in [0.3, 0.4) is 0 Å². The van der Waals surface area contributed by atoms with Gasteiger partial charge in [-0.3, -0.25) is 0 Å². The summed E-state index contributed by atoms with van der Waals surface area (Å²) in [4.78, 5) is 10.5. The molecule has 0 saturated carbocycles. The van der Waals surface area contributed by atoms with Crippen molar-refractivity contribution < 1.29 is 36.8 Å². The van der Waals surface area contributed by atoms with Gasteiger partial charge in [0, 0.05) is 5.56 Å². The van der Waals surface area contributed by atoms with E-state index in [1.807, 2.05) is 0 Å². The van der Waals surface area contributed by atoms with Crippen LogP contribution in [0.25, 0.3) is 5.73 Å². The third-order valence-corrected chi connectivity index (χ3v) is 1.48. The van der Waals surface area contributed by atoms with Crippen molar-refractivity contribution in [3.05, 3.63) is 41.1 Å². The van der Waals surface area contributed by atoms with Gasteiger partial charge < -0.3 is 10.5 Å². The van der Waals surface area contributed by atoms with E-state index in [0.29, 0.717) is 0 Å². The number of amides is 1. The molecular weight excluding hydrogens is 190 g/mol. The van der Waals surface area contributed by atoms with E-state index < -0.39 is 23.2 Å². The first kappa shape index (κ1) is 13.1. The SMILES string of the molecule is [Li+].[NH-]C(=O)c1ccccc1C(F)(F)F. The summed E-state index contributed by atoms with van der Waals surface area (Å²) in [5, 5.41) is 0. The maximum absolute atomic E-state index is 12.2. The Balaban J connectivity index is 0.00000169. The minimum atomic E-state index is -4.58. The summed E-state index contributed by atoms with van der Waals surface area (Å²) >= 11 is 0. The number of benzene rings is 1. The van der Waals surface area contributed by atoms with Crippen LogP contribution in [-0.2, 0) is 6.18 Å². The number of carbonyl (C=O) groups excluding carboxylic acids is 1. The summed E-state index contributed by atoms with van der Waals surface area (Å²) in [6, 6.07) is 4.23. The second-order valence-corrected chi connectivity index (χ2v) is 2.37. The second-order valence-electron chi connectivity index (χ2n) is 2.37. The first-order chi connectivity index (χ1) is 5.93. The normalized spacial score (nSPS) is 10.5. The molecule has 0 aliphatic carbocycles. The third-order valence-electron chi connectivity index (χ3n) is 1.48. The van der Waals surface area contributed by atoms with Crippen LogP contribution in [0.1, 0.15) is 15.9 Å². The van der Waals surface area contributed by atoms with Gasteiger partial charge >= 0.3 is 25.0 Å². The molecule has 1 amide bonds. The molecule has 1 N–H and O–H groups in total. The average Bonchev–Trinajstić information content (AvgIpc) is 2.03. The molecule has 0 fully saturated rings. The molecule has 0 aliphatic rings. The van der Waals surface area contributed by atoms with Crippen LogP contribution in [0.15, 0.2) is 24.3 Å². The predicted molar refractivity (Wildman–Crippen MR) is 40.1 cm³/mol. The Morgan fingerprint density at radius 1 is 1.21 bits per heavy atom. The van der Waals surface area contributed by atoms with Gasteiger partial charge in [0.25, 0.3) is 0 Å². The third kappa shape index (κ3) is 2.79. The minimum Gasteiger partial charge on any atom is -0.664 e. The van der Waals surface area contributed by atoms with Gasteiger partial charge in [0.1, 0.15) is 0 Å². The van der Waals surface area contributed by atoms with Crippen LogP contribution >= 0.6 is 0 Å². The van der Waals surface area contributed by atoms with E-state index in [1.165, 1.54) is 12.1 Å². The van der Waals surface area contributed by atoms with Crippen molar-refractivity contribution in [2.75, 3.05) is 0 Å². The number of carbonyl (C=O) groups is 1. The summed E-state index contributed by atoms with van der Waals surface area (Å²) in [6.07, 6.45) is -4.58. The van der Waals surface area contributed by atoms with Crippen molar-refractivity contribution >= 4 is 5.91 Å². The summed E-state index contributed by atoms with van der Waals surface area (Å²) in [6.45, 7) is 0. The van der Waals surface area contributed by atoms with Crippen LogP contribution in [0.4, 0.5) is 13.2 Å². The van der Waals surface area contributed by atoms with Gasteiger partial charge in [0.15, 0.2) is 0 Å². The molecule has 0 spiro atoms. The Morgan fingerprint density at radius 3 is 2.07 bits per heavy atom. The largest absolute Gasteiger partial charge is 1.00 e. The Labute approximate surface area is 90.5 Å². The molecule has 0 aromatic heterocycles. The molecule has 1 aromatic carbocycles. The molecule has 6 heteroatoms. The molecular formula is C8H5F3LiNO. The average molecular weight is 195 g/mol. The monoisotopic (exact) mass is 195 g/mol. The van der Waals surface area contributed by atoms with Crippen molar-refractivity contribution in [2.45, 2.75) is 6.18 Å². The van der Waals surface area contributed by atoms with E-state index in [4.69, 9.17) is 5.73 Å². The first-order valence-corrected chi connectivity index (χ1v) is 3.35. The van der Waals surface area contributed by atoms with Crippen LogP contribution in [0.2, 0.25) is 0 Å². The zero-order valence-electron chi connectivity index (χ0n) is 7.35. The van der Waals surface area contributed by atoms with Gasteiger partial charge in [0.05, 0.1) is 11.5 Å². The molecule has 70 valence electrons. The van der Waals surface area contributed by atoms with E-state index in [0.717, 1.165) is 12.1 Å². The number of rotatable bonds is 1. The van der Waals surface area contributed by atoms with Crippen molar-refractivity contribution in [2.24, 2.45) is 0 Å². The molecule has 0 unspecified atom stereocenters. The summed E-state index contributed by atoms with van der Waals surface area (Å²) in [5.74, 6) is -1.33. The molecule has 0 heterocycles. The molecule has 0 aliphatic heterocycles. The van der Waals surface area contributed by atoms with Crippen molar-refractivity contribution in [3.63, 3.8) is 0 Å². The fourth-order valence-electron chi connectivity index (χ4n) is 0.928. The van der Waals surface area contributed by atoms with Gasteiger partial charge in [-0.1, -0.05) is 18.2 Å². The zero-order valence-corrected chi connectivity index (χ0v) is 7.35. The van der Waals surface area contributed by atoms with E-state index in [-0.39, 0.29) is 18.9 Å². The summed E-state index contributed by atoms with van der Waals surface area (Å²) < 4.78 is 36.5. The number of hydrogen-bond donors (Lipinski definition) is 0. The first-order valence-electron chi connectivity index (χ1n) is 3.35. The molecule has 0 atom stereocenters. The quantitative estimate of drug-likeness (QED) is 0.577. The van der Waals surface area contributed by atoms with Gasteiger partial charge in [-0.15, -0.1) is 0 Å². The molecule has 0 saturated heterocycles. The van der Waals surface area contributed by atoms with Gasteiger partial charge in [-0.05, 0) is 6.07 Å². The van der Waals surface area contributed by atoms with Crippen LogP contribution in [-0.4, -0.2) is 5.91 Å². The molecule has 2 nitrogen and oxygen atoms in total. The zero-order chi connectivity index (χ0) is 10.1. The fraction of sp³-hybridized carbons (Fsp3) is 0.125. The van der Waals surface area contributed by atoms with E-state index in [9.17, 15) is 18.0 Å². The summed E-state index contributed by atoms with van der Waals surface area (Å²) in [5.41, 5.74) is 4.92. The maximum Gasteiger partial charge on any atom is 1.00 e. The fourth-order valence-corrected chi connectivity index (χ4v) is 0.928. The predicted octanol–water partition coefficient (Wildman–Crippen LogP) is -0.0982. The van der Waals surface area contributed by atoms with Gasteiger partial charge in [0.2, 0.25) is 0 Å². The Bertz CT molecular complexity index is 338. The Morgan fingerprint density at radius 2 is 1.71 bits per heavy atom. The molecule has 1 aromatic rings. The minimum absolute atomic E-state index is 0. The number of hydrogen-bond acceptors (Lipinski definition) is 1. The molecule has 0 bridgehead atoms. The van der Waals surface area contributed by atoms with Crippen molar-refractivity contribution in [3.8, 4) is 0 Å². The number of nitrogens with one attached hydrogen (secondary N) is 1. The number of halogens is 3. The van der Waals surface area contributed by atoms with E-state index in [1.54, 1.807) is 0 Å². The Kier molecular flexibility index (Phi) is 4.24. The van der Waals surface area contributed by atoms with Crippen molar-refractivity contribution in [1.82, 2.24) is 0 Å².